The monoisotopic (exact) mass is 504 g/mol. The molecule has 0 fully saturated rings. The fourth-order valence-electron chi connectivity index (χ4n) is 4.30. The summed E-state index contributed by atoms with van der Waals surface area (Å²) in [7, 11) is 0. The van der Waals surface area contributed by atoms with Crippen LogP contribution in [0.25, 0.3) is 0 Å². The van der Waals surface area contributed by atoms with Gasteiger partial charge in [-0.15, -0.1) is 0 Å². The van der Waals surface area contributed by atoms with Crippen molar-refractivity contribution >= 4 is 19.2 Å². The van der Waals surface area contributed by atoms with Crippen molar-refractivity contribution in [1.29, 1.82) is 0 Å². The summed E-state index contributed by atoms with van der Waals surface area (Å²) < 4.78 is 13.4. The number of benzene rings is 2. The van der Waals surface area contributed by atoms with Gasteiger partial charge in [0.05, 0.1) is 0 Å². The average molecular weight is 503 g/mol. The Balaban J connectivity index is 2.32. The second kappa shape index (κ2) is 9.76. The first kappa shape index (κ1) is 24.1. The first-order valence-electron chi connectivity index (χ1n) is 11.1. The van der Waals surface area contributed by atoms with Gasteiger partial charge in [0.1, 0.15) is 0 Å². The maximum atomic E-state index is 6.69. The van der Waals surface area contributed by atoms with Gasteiger partial charge in [0.2, 0.25) is 0 Å². The van der Waals surface area contributed by atoms with Gasteiger partial charge >= 0.3 is 184 Å². The molecule has 2 rings (SSSR count). The summed E-state index contributed by atoms with van der Waals surface area (Å²) in [5.74, 6) is 1.99. The van der Waals surface area contributed by atoms with Gasteiger partial charge in [-0.1, -0.05) is 0 Å². The summed E-state index contributed by atoms with van der Waals surface area (Å²) in [4.78, 5) is 4.42. The molecule has 0 atom stereocenters. The van der Waals surface area contributed by atoms with Crippen LogP contribution in [-0.4, -0.2) is 19.2 Å². The van der Waals surface area contributed by atoms with E-state index in [0.29, 0.717) is 0 Å². The fourth-order valence-corrected chi connectivity index (χ4v) is 8.46. The Morgan fingerprint density at radius 1 is 0.655 bits per heavy atom. The summed E-state index contributed by atoms with van der Waals surface area (Å²) >= 11 is -3.31. The minimum atomic E-state index is -3.31. The van der Waals surface area contributed by atoms with E-state index >= 15 is 0 Å². The molecule has 0 saturated heterocycles. The number of hydrogen-bond acceptors (Lipinski definition) is 2. The van der Waals surface area contributed by atoms with Crippen LogP contribution in [0.5, 0.6) is 11.5 Å². The minimum absolute atomic E-state index is 0.0916. The van der Waals surface area contributed by atoms with Crippen LogP contribution >= 0.6 is 0 Å². The van der Waals surface area contributed by atoms with Crippen molar-refractivity contribution in [3.8, 4) is 11.5 Å². The summed E-state index contributed by atoms with van der Waals surface area (Å²) in [6.07, 6.45) is 4.59. The van der Waals surface area contributed by atoms with Crippen molar-refractivity contribution in [2.75, 3.05) is 0 Å². The maximum absolute atomic E-state index is 6.69. The molecule has 2 aromatic carbocycles. The molecule has 0 saturated carbocycles. The Hall–Kier alpha value is -1.16. The zero-order valence-corrected chi connectivity index (χ0v) is 22.6. The van der Waals surface area contributed by atoms with Gasteiger partial charge in [0.15, 0.2) is 0 Å². The molecule has 0 aromatic heterocycles. The van der Waals surface area contributed by atoms with Crippen LogP contribution < -0.4 is 6.15 Å². The predicted octanol–water partition coefficient (Wildman–Crippen LogP) is 8.00. The first-order chi connectivity index (χ1) is 13.5. The quantitative estimate of drug-likeness (QED) is 0.306. The molecule has 29 heavy (non-hydrogen) atoms. The summed E-state index contributed by atoms with van der Waals surface area (Å²) in [5.41, 5.74) is 2.76. The predicted molar refractivity (Wildman–Crippen MR) is 127 cm³/mol. The Kier molecular flexibility index (Phi) is 8.12. The van der Waals surface area contributed by atoms with Crippen LogP contribution in [0, 0.1) is 0 Å². The van der Waals surface area contributed by atoms with Crippen molar-refractivity contribution in [3.05, 3.63) is 59.7 Å². The molecule has 0 bridgehead atoms. The van der Waals surface area contributed by atoms with E-state index in [1.54, 1.807) is 0 Å². The summed E-state index contributed by atoms with van der Waals surface area (Å²) in [5, 5.41) is 0. The van der Waals surface area contributed by atoms with Crippen molar-refractivity contribution in [3.63, 3.8) is 0 Å². The van der Waals surface area contributed by atoms with Crippen molar-refractivity contribution in [2.24, 2.45) is 0 Å². The molecule has 2 aromatic rings. The zero-order valence-electron chi connectivity index (χ0n) is 19.8. The van der Waals surface area contributed by atoms with Crippen molar-refractivity contribution < 1.29 is 6.15 Å². The third kappa shape index (κ3) is 6.41. The topological polar surface area (TPSA) is 18.5 Å². The SMILES string of the molecule is CCCC(C)(C)c1ccccc1[O][Sn]([CH3])([CH3])[O]c1ccccc1C(C)(C)CCC. The van der Waals surface area contributed by atoms with E-state index in [2.05, 4.69) is 100.0 Å². The molecule has 0 amide bonds. The van der Waals surface area contributed by atoms with Gasteiger partial charge in [-0.25, -0.2) is 0 Å². The second-order valence-electron chi connectivity index (χ2n) is 9.86. The molecule has 0 radical (unpaired) electrons. The second-order valence-corrected chi connectivity index (χ2v) is 19.0. The van der Waals surface area contributed by atoms with Gasteiger partial charge in [-0.3, -0.25) is 0 Å². The van der Waals surface area contributed by atoms with Gasteiger partial charge in [-0.2, -0.15) is 0 Å². The van der Waals surface area contributed by atoms with Crippen molar-refractivity contribution in [2.45, 2.75) is 87.9 Å². The Morgan fingerprint density at radius 3 is 1.34 bits per heavy atom. The van der Waals surface area contributed by atoms with E-state index in [1.807, 2.05) is 0 Å². The first-order valence-corrected chi connectivity index (χ1v) is 19.1. The molecule has 0 spiro atoms. The van der Waals surface area contributed by atoms with E-state index in [9.17, 15) is 0 Å². The molecular formula is C26H40O2Sn. The van der Waals surface area contributed by atoms with Gasteiger partial charge < -0.3 is 0 Å². The third-order valence-electron chi connectivity index (χ3n) is 5.69. The van der Waals surface area contributed by atoms with E-state index in [0.717, 1.165) is 37.2 Å². The molecule has 0 unspecified atom stereocenters. The fraction of sp³-hybridized carbons (Fsp3) is 0.538. The van der Waals surface area contributed by atoms with Crippen LogP contribution in [0.1, 0.15) is 78.4 Å². The molecule has 0 aliphatic rings. The van der Waals surface area contributed by atoms with E-state index in [4.69, 9.17) is 6.15 Å². The standard InChI is InChI=1S/2C12H18O.2CH3.Sn/c2*1-4-9-12(2,3)10-7-5-6-8-11(10)13;;;/h2*5-8,13H,4,9H2,1-3H3;2*1H3;/q;;;;+2/p-2. The van der Waals surface area contributed by atoms with Crippen LogP contribution in [0.4, 0.5) is 0 Å². The van der Waals surface area contributed by atoms with E-state index in [1.165, 1.54) is 11.1 Å². The van der Waals surface area contributed by atoms with Crippen LogP contribution in [0.15, 0.2) is 48.5 Å². The average Bonchev–Trinajstić information content (AvgIpc) is 2.61. The number of rotatable bonds is 10. The number of hydrogen-bond donors (Lipinski definition) is 0. The normalized spacial score (nSPS) is 12.7. The van der Waals surface area contributed by atoms with E-state index < -0.39 is 19.2 Å². The Bertz CT molecular complexity index is 727. The van der Waals surface area contributed by atoms with Gasteiger partial charge in [0.25, 0.3) is 0 Å². The Morgan fingerprint density at radius 2 is 1.00 bits per heavy atom. The molecule has 0 aliphatic heterocycles. The Labute approximate surface area is 184 Å². The summed E-state index contributed by atoms with van der Waals surface area (Å²) in [6.45, 7) is 13.7. The summed E-state index contributed by atoms with van der Waals surface area (Å²) in [6, 6.07) is 17.0. The van der Waals surface area contributed by atoms with Gasteiger partial charge in [0, 0.05) is 0 Å². The van der Waals surface area contributed by atoms with E-state index in [-0.39, 0.29) is 10.8 Å². The molecule has 2 nitrogen and oxygen atoms in total. The zero-order chi connectivity index (χ0) is 21.7. The molecule has 3 heteroatoms. The molecular weight excluding hydrogens is 463 g/mol. The van der Waals surface area contributed by atoms with Gasteiger partial charge in [-0.05, 0) is 0 Å². The van der Waals surface area contributed by atoms with Crippen LogP contribution in [0.2, 0.25) is 9.88 Å². The third-order valence-corrected chi connectivity index (χ3v) is 9.76. The van der Waals surface area contributed by atoms with Crippen LogP contribution in [-0.2, 0) is 10.8 Å². The molecule has 0 aliphatic carbocycles. The number of para-hydroxylation sites is 2. The van der Waals surface area contributed by atoms with Crippen LogP contribution in [0.3, 0.4) is 0 Å². The molecule has 0 heterocycles. The van der Waals surface area contributed by atoms with Crippen molar-refractivity contribution in [1.82, 2.24) is 0 Å². The molecule has 0 N–H and O–H groups in total. The molecule has 160 valence electrons.